The van der Waals surface area contributed by atoms with Gasteiger partial charge in [-0.1, -0.05) is 0 Å². The molecule has 0 aromatic carbocycles. The largest absolute Gasteiger partial charge is 0.741 e. The topological polar surface area (TPSA) is 113 Å². The summed E-state index contributed by atoms with van der Waals surface area (Å²) in [6.07, 6.45) is 4.76. The Morgan fingerprint density at radius 2 is 1.65 bits per heavy atom. The van der Waals surface area contributed by atoms with E-state index in [1.807, 2.05) is 0 Å². The van der Waals surface area contributed by atoms with Crippen LogP contribution in [0.4, 0.5) is 13.2 Å². The van der Waals surface area contributed by atoms with Gasteiger partial charge < -0.3 is 9.29 Å². The zero-order valence-corrected chi connectivity index (χ0v) is 13.4. The Bertz CT molecular complexity index is 722. The van der Waals surface area contributed by atoms with Crippen LogP contribution in [0.1, 0.15) is 0 Å². The molecule has 2 rings (SSSR count). The molecule has 0 radical (unpaired) electrons. The van der Waals surface area contributed by atoms with E-state index in [9.17, 15) is 21.6 Å². The first-order valence-corrected chi connectivity index (χ1v) is 8.80. The van der Waals surface area contributed by atoms with Crippen molar-refractivity contribution in [2.24, 2.45) is 7.05 Å². The van der Waals surface area contributed by atoms with Crippen LogP contribution in [0, 0.1) is 0 Å². The minimum Gasteiger partial charge on any atom is -0.741 e. The third-order valence-electron chi connectivity index (χ3n) is 2.59. The maximum atomic E-state index is 12.0. The lowest BCUT2D eigenvalue weighted by atomic mass is 10.5. The predicted octanol–water partition coefficient (Wildman–Crippen LogP) is -1.21. The molecule has 1 fully saturated rings. The van der Waals surface area contributed by atoms with Crippen LogP contribution in [0.25, 0.3) is 0 Å². The molecule has 1 aliphatic heterocycles. The van der Waals surface area contributed by atoms with Crippen LogP contribution in [-0.2, 0) is 32.1 Å². The summed E-state index contributed by atoms with van der Waals surface area (Å²) >= 11 is 0. The summed E-state index contributed by atoms with van der Waals surface area (Å²) in [5.74, 6) is 0. The molecule has 0 aliphatic carbocycles. The van der Waals surface area contributed by atoms with Crippen LogP contribution < -0.4 is 4.57 Å². The quantitative estimate of drug-likeness (QED) is 0.361. The van der Waals surface area contributed by atoms with Gasteiger partial charge in [-0.05, 0) is 0 Å². The lowest BCUT2D eigenvalue weighted by Crippen LogP contribution is -2.43. The van der Waals surface area contributed by atoms with Crippen molar-refractivity contribution in [3.8, 4) is 0 Å². The van der Waals surface area contributed by atoms with Gasteiger partial charge in [-0.15, -0.1) is 3.97 Å². The highest BCUT2D eigenvalue weighted by molar-refractivity contribution is 7.87. The molecule has 1 saturated heterocycles. The summed E-state index contributed by atoms with van der Waals surface area (Å²) in [7, 11) is -7.70. The van der Waals surface area contributed by atoms with Crippen molar-refractivity contribution in [1.29, 1.82) is 0 Å². The van der Waals surface area contributed by atoms with E-state index in [-0.39, 0.29) is 0 Å². The molecule has 1 aromatic heterocycles. The molecule has 0 amide bonds. The van der Waals surface area contributed by atoms with Gasteiger partial charge in [0.15, 0.2) is 10.1 Å². The number of aromatic nitrogens is 2. The van der Waals surface area contributed by atoms with Gasteiger partial charge in [-0.3, -0.25) is 0 Å². The highest BCUT2D eigenvalue weighted by Gasteiger charge is 2.37. The van der Waals surface area contributed by atoms with E-state index in [2.05, 4.69) is 0 Å². The number of aryl methyl sites for hydroxylation is 1. The molecular formula is C9H14F3N3O6S2. The van der Waals surface area contributed by atoms with Crippen molar-refractivity contribution >= 4 is 20.3 Å². The Morgan fingerprint density at radius 1 is 1.17 bits per heavy atom. The predicted molar refractivity (Wildman–Crippen MR) is 68.1 cm³/mol. The molecule has 23 heavy (non-hydrogen) atoms. The Labute approximate surface area is 130 Å². The van der Waals surface area contributed by atoms with Crippen LogP contribution in [0.3, 0.4) is 0 Å². The SMILES string of the molecule is C[n+]1ccn(S(=O)(=O)N2CCOCC2)c1.O=S(=O)([O-])C(F)(F)F. The summed E-state index contributed by atoms with van der Waals surface area (Å²) in [4.78, 5) is 0. The average molecular weight is 381 g/mol. The first-order valence-electron chi connectivity index (χ1n) is 5.99. The van der Waals surface area contributed by atoms with Gasteiger partial charge in [-0.2, -0.15) is 25.9 Å². The Balaban J connectivity index is 0.000000284. The Morgan fingerprint density at radius 3 is 2.00 bits per heavy atom. The molecular weight excluding hydrogens is 367 g/mol. The Kier molecular flexibility index (Phi) is 6.14. The molecule has 1 aliphatic rings. The van der Waals surface area contributed by atoms with E-state index < -0.39 is 25.8 Å². The van der Waals surface area contributed by atoms with E-state index in [1.165, 1.54) is 20.8 Å². The fourth-order valence-electron chi connectivity index (χ4n) is 1.47. The van der Waals surface area contributed by atoms with Crippen molar-refractivity contribution in [2.75, 3.05) is 26.3 Å². The first kappa shape index (κ1) is 19.8. The van der Waals surface area contributed by atoms with Crippen molar-refractivity contribution < 1.29 is 43.9 Å². The number of ether oxygens (including phenoxy) is 1. The normalized spacial score (nSPS) is 17.4. The third kappa shape index (κ3) is 5.42. The highest BCUT2D eigenvalue weighted by atomic mass is 32.2. The van der Waals surface area contributed by atoms with Gasteiger partial charge in [0.25, 0.3) is 6.33 Å². The summed E-state index contributed by atoms with van der Waals surface area (Å²) in [6, 6.07) is 0. The number of rotatable bonds is 2. The van der Waals surface area contributed by atoms with E-state index in [4.69, 9.17) is 17.7 Å². The molecule has 14 heteroatoms. The number of hydrogen-bond donors (Lipinski definition) is 0. The number of nitrogens with zero attached hydrogens (tertiary/aromatic N) is 3. The minimum atomic E-state index is -6.09. The number of hydrogen-bond acceptors (Lipinski definition) is 6. The monoisotopic (exact) mass is 381 g/mol. The number of morpholine rings is 1. The molecule has 134 valence electrons. The number of imidazole rings is 1. The summed E-state index contributed by atoms with van der Waals surface area (Å²) in [5, 5.41) is 0. The summed E-state index contributed by atoms with van der Waals surface area (Å²) in [5.41, 5.74) is -5.65. The molecule has 0 atom stereocenters. The van der Waals surface area contributed by atoms with Gasteiger partial charge >= 0.3 is 15.7 Å². The van der Waals surface area contributed by atoms with E-state index in [0.29, 0.717) is 26.3 Å². The van der Waals surface area contributed by atoms with Gasteiger partial charge in [-0.25, -0.2) is 13.0 Å². The molecule has 1 aromatic rings. The van der Waals surface area contributed by atoms with Crippen LogP contribution in [-0.4, -0.2) is 61.5 Å². The lowest BCUT2D eigenvalue weighted by Gasteiger charge is -2.23. The minimum absolute atomic E-state index is 0.421. The standard InChI is InChI=1S/C8H14N3O3S.CHF3O3S/c1-9-2-3-11(8-9)15(12,13)10-4-6-14-7-5-10;2-1(3,4)8(5,6)7/h2-3,8H,4-7H2,1H3;(H,5,6,7)/q+1;/p-1. The van der Waals surface area contributed by atoms with Crippen LogP contribution in [0.2, 0.25) is 0 Å². The molecule has 0 bridgehead atoms. The number of alkyl halides is 3. The van der Waals surface area contributed by atoms with Crippen molar-refractivity contribution in [1.82, 2.24) is 8.28 Å². The second kappa shape index (κ2) is 7.12. The average Bonchev–Trinajstić information content (AvgIpc) is 2.86. The summed E-state index contributed by atoms with van der Waals surface area (Å²) in [6.45, 7) is 1.77. The van der Waals surface area contributed by atoms with Gasteiger partial charge in [0.2, 0.25) is 0 Å². The first-order chi connectivity index (χ1) is 10.4. The highest BCUT2D eigenvalue weighted by Crippen LogP contribution is 2.20. The van der Waals surface area contributed by atoms with Crippen molar-refractivity contribution in [3.63, 3.8) is 0 Å². The maximum absolute atomic E-state index is 12.0. The second-order valence-electron chi connectivity index (χ2n) is 4.33. The maximum Gasteiger partial charge on any atom is 0.485 e. The molecule has 0 N–H and O–H groups in total. The lowest BCUT2D eigenvalue weighted by molar-refractivity contribution is -0.670. The van der Waals surface area contributed by atoms with Gasteiger partial charge in [0.05, 0.1) is 20.3 Å². The molecule has 0 saturated carbocycles. The van der Waals surface area contributed by atoms with Gasteiger partial charge in [0.1, 0.15) is 12.4 Å². The third-order valence-corrected chi connectivity index (χ3v) is 4.92. The fraction of sp³-hybridized carbons (Fsp3) is 0.667. The van der Waals surface area contributed by atoms with Crippen LogP contribution in [0.15, 0.2) is 18.7 Å². The van der Waals surface area contributed by atoms with Crippen LogP contribution >= 0.6 is 0 Å². The van der Waals surface area contributed by atoms with Crippen molar-refractivity contribution in [3.05, 3.63) is 18.7 Å². The fourth-order valence-corrected chi connectivity index (χ4v) is 2.83. The zero-order chi connectivity index (χ0) is 17.9. The Hall–Kier alpha value is -1.22. The van der Waals surface area contributed by atoms with Crippen molar-refractivity contribution in [2.45, 2.75) is 5.51 Å². The molecule has 2 heterocycles. The van der Waals surface area contributed by atoms with Gasteiger partial charge in [0, 0.05) is 13.1 Å². The molecule has 0 spiro atoms. The number of halogens is 3. The zero-order valence-electron chi connectivity index (χ0n) is 11.8. The molecule has 0 unspecified atom stereocenters. The second-order valence-corrected chi connectivity index (χ2v) is 7.53. The van der Waals surface area contributed by atoms with E-state index in [0.717, 1.165) is 0 Å². The van der Waals surface area contributed by atoms with Crippen LogP contribution in [0.5, 0.6) is 0 Å². The van der Waals surface area contributed by atoms with E-state index >= 15 is 0 Å². The van der Waals surface area contributed by atoms with E-state index in [1.54, 1.807) is 17.8 Å². The smallest absolute Gasteiger partial charge is 0.485 e. The summed E-state index contributed by atoms with van der Waals surface area (Å²) < 4.78 is 92.4. The molecule has 9 nitrogen and oxygen atoms in total.